The monoisotopic (exact) mass is 263 g/mol. The van der Waals surface area contributed by atoms with Crippen molar-refractivity contribution in [2.24, 2.45) is 0 Å². The quantitative estimate of drug-likeness (QED) is 0.722. The average molecular weight is 263 g/mol. The zero-order chi connectivity index (χ0) is 13.9. The Kier molecular flexibility index (Phi) is 3.33. The van der Waals surface area contributed by atoms with E-state index in [1.54, 1.807) is 0 Å². The van der Waals surface area contributed by atoms with Crippen molar-refractivity contribution >= 4 is 0 Å². The molecule has 0 bridgehead atoms. The van der Waals surface area contributed by atoms with Gasteiger partial charge in [-0.25, -0.2) is 4.68 Å². The van der Waals surface area contributed by atoms with Crippen molar-refractivity contribution in [3.8, 4) is 11.3 Å². The van der Waals surface area contributed by atoms with Crippen LogP contribution >= 0.6 is 0 Å². The molecule has 3 aromatic rings. The molecule has 0 aliphatic carbocycles. The van der Waals surface area contributed by atoms with Crippen LogP contribution in [0, 0.1) is 13.8 Å². The molecule has 0 saturated carbocycles. The number of hydrogen-bond donors (Lipinski definition) is 0. The van der Waals surface area contributed by atoms with E-state index in [-0.39, 0.29) is 0 Å². The highest BCUT2D eigenvalue weighted by molar-refractivity contribution is 5.64. The molecule has 2 aromatic carbocycles. The van der Waals surface area contributed by atoms with Crippen LogP contribution in [0.1, 0.15) is 16.8 Å². The summed E-state index contributed by atoms with van der Waals surface area (Å²) >= 11 is 0. The Morgan fingerprint density at radius 2 is 1.60 bits per heavy atom. The van der Waals surface area contributed by atoms with Crippen LogP contribution in [-0.4, -0.2) is 15.0 Å². The molecule has 0 fully saturated rings. The molecule has 1 aromatic heterocycles. The fourth-order valence-electron chi connectivity index (χ4n) is 2.35. The van der Waals surface area contributed by atoms with Crippen LogP contribution in [0.25, 0.3) is 11.3 Å². The molecular weight excluding hydrogens is 246 g/mol. The summed E-state index contributed by atoms with van der Waals surface area (Å²) in [4.78, 5) is 0. The number of aryl methyl sites for hydroxylation is 1. The molecule has 0 aliphatic heterocycles. The second-order valence-corrected chi connectivity index (χ2v) is 4.98. The number of rotatable bonds is 3. The van der Waals surface area contributed by atoms with Gasteiger partial charge in [-0.2, -0.15) is 0 Å². The van der Waals surface area contributed by atoms with Gasteiger partial charge < -0.3 is 0 Å². The molecule has 0 amide bonds. The standard InChI is InChI=1S/C17H17N3/c1-13-8-6-7-11-16(13)17-14(2)20(19-18-17)12-15-9-4-3-5-10-15/h3-11H,12H2,1-2H3. The predicted molar refractivity (Wildman–Crippen MR) is 80.5 cm³/mol. The topological polar surface area (TPSA) is 30.7 Å². The van der Waals surface area contributed by atoms with Crippen LogP contribution in [0.2, 0.25) is 0 Å². The predicted octanol–water partition coefficient (Wildman–Crippen LogP) is 3.61. The summed E-state index contributed by atoms with van der Waals surface area (Å²) in [5.74, 6) is 0. The fraction of sp³-hybridized carbons (Fsp3) is 0.176. The van der Waals surface area contributed by atoms with Gasteiger partial charge in [-0.3, -0.25) is 0 Å². The molecule has 0 saturated heterocycles. The Morgan fingerprint density at radius 1 is 0.900 bits per heavy atom. The summed E-state index contributed by atoms with van der Waals surface area (Å²) in [5.41, 5.74) is 5.69. The van der Waals surface area contributed by atoms with E-state index in [0.29, 0.717) is 0 Å². The zero-order valence-corrected chi connectivity index (χ0v) is 11.7. The van der Waals surface area contributed by atoms with Crippen LogP contribution in [0.4, 0.5) is 0 Å². The molecule has 1 heterocycles. The molecule has 100 valence electrons. The van der Waals surface area contributed by atoms with Gasteiger partial charge in [-0.15, -0.1) is 5.10 Å². The van der Waals surface area contributed by atoms with Crippen LogP contribution in [0.5, 0.6) is 0 Å². The van der Waals surface area contributed by atoms with Crippen molar-refractivity contribution in [3.05, 3.63) is 71.4 Å². The number of nitrogens with zero attached hydrogens (tertiary/aromatic N) is 3. The van der Waals surface area contributed by atoms with E-state index in [2.05, 4.69) is 48.4 Å². The summed E-state index contributed by atoms with van der Waals surface area (Å²) in [6, 6.07) is 18.6. The van der Waals surface area contributed by atoms with Crippen LogP contribution in [0.3, 0.4) is 0 Å². The highest BCUT2D eigenvalue weighted by Gasteiger charge is 2.12. The van der Waals surface area contributed by atoms with Crippen molar-refractivity contribution in [2.75, 3.05) is 0 Å². The van der Waals surface area contributed by atoms with Crippen molar-refractivity contribution < 1.29 is 0 Å². The second-order valence-electron chi connectivity index (χ2n) is 4.98. The van der Waals surface area contributed by atoms with Crippen LogP contribution in [0.15, 0.2) is 54.6 Å². The first kappa shape index (κ1) is 12.6. The summed E-state index contributed by atoms with van der Waals surface area (Å²) < 4.78 is 1.96. The van der Waals surface area contributed by atoms with E-state index in [1.165, 1.54) is 11.1 Å². The van der Waals surface area contributed by atoms with E-state index in [4.69, 9.17) is 0 Å². The third-order valence-corrected chi connectivity index (χ3v) is 3.56. The molecule has 0 aliphatic rings. The Bertz CT molecular complexity index is 714. The lowest BCUT2D eigenvalue weighted by Gasteiger charge is -2.05. The van der Waals surface area contributed by atoms with Gasteiger partial charge in [0.1, 0.15) is 5.69 Å². The largest absolute Gasteiger partial charge is 0.245 e. The van der Waals surface area contributed by atoms with Gasteiger partial charge >= 0.3 is 0 Å². The lowest BCUT2D eigenvalue weighted by molar-refractivity contribution is 0.633. The summed E-state index contributed by atoms with van der Waals surface area (Å²) in [5, 5.41) is 8.65. The molecular formula is C17H17N3. The van der Waals surface area contributed by atoms with Crippen molar-refractivity contribution in [2.45, 2.75) is 20.4 Å². The lowest BCUT2D eigenvalue weighted by Crippen LogP contribution is -2.03. The molecule has 0 radical (unpaired) electrons. The van der Waals surface area contributed by atoms with E-state index < -0.39 is 0 Å². The first-order valence-corrected chi connectivity index (χ1v) is 6.76. The Morgan fingerprint density at radius 3 is 2.35 bits per heavy atom. The smallest absolute Gasteiger partial charge is 0.116 e. The zero-order valence-electron chi connectivity index (χ0n) is 11.7. The molecule has 0 atom stereocenters. The lowest BCUT2D eigenvalue weighted by atomic mass is 10.0. The van der Waals surface area contributed by atoms with Gasteiger partial charge in [0, 0.05) is 5.56 Å². The Hall–Kier alpha value is -2.42. The SMILES string of the molecule is Cc1ccccc1-c1nnn(Cc2ccccc2)c1C. The summed E-state index contributed by atoms with van der Waals surface area (Å²) in [7, 11) is 0. The van der Waals surface area contributed by atoms with Gasteiger partial charge in [-0.05, 0) is 25.0 Å². The minimum atomic E-state index is 0.756. The van der Waals surface area contributed by atoms with Gasteiger partial charge in [0.2, 0.25) is 0 Å². The second kappa shape index (κ2) is 5.29. The highest BCUT2D eigenvalue weighted by Crippen LogP contribution is 2.24. The maximum atomic E-state index is 4.36. The van der Waals surface area contributed by atoms with Gasteiger partial charge in [0.15, 0.2) is 0 Å². The third-order valence-electron chi connectivity index (χ3n) is 3.56. The highest BCUT2D eigenvalue weighted by atomic mass is 15.4. The maximum absolute atomic E-state index is 4.36. The molecule has 3 heteroatoms. The molecule has 3 rings (SSSR count). The normalized spacial score (nSPS) is 10.7. The van der Waals surface area contributed by atoms with Gasteiger partial charge in [-0.1, -0.05) is 59.8 Å². The number of benzene rings is 2. The third kappa shape index (κ3) is 2.35. The van der Waals surface area contributed by atoms with Crippen molar-refractivity contribution in [3.63, 3.8) is 0 Å². The molecule has 0 spiro atoms. The Labute approximate surface area is 118 Å². The van der Waals surface area contributed by atoms with E-state index in [0.717, 1.165) is 23.5 Å². The molecule has 20 heavy (non-hydrogen) atoms. The van der Waals surface area contributed by atoms with E-state index in [1.807, 2.05) is 35.0 Å². The summed E-state index contributed by atoms with van der Waals surface area (Å²) in [6.07, 6.45) is 0. The molecule has 3 nitrogen and oxygen atoms in total. The van der Waals surface area contributed by atoms with Crippen LogP contribution in [-0.2, 0) is 6.54 Å². The van der Waals surface area contributed by atoms with Crippen molar-refractivity contribution in [1.29, 1.82) is 0 Å². The van der Waals surface area contributed by atoms with Crippen molar-refractivity contribution in [1.82, 2.24) is 15.0 Å². The molecule has 0 N–H and O–H groups in total. The van der Waals surface area contributed by atoms with Gasteiger partial charge in [0.25, 0.3) is 0 Å². The first-order valence-electron chi connectivity index (χ1n) is 6.76. The minimum absolute atomic E-state index is 0.756. The van der Waals surface area contributed by atoms with E-state index >= 15 is 0 Å². The fourth-order valence-corrected chi connectivity index (χ4v) is 2.35. The molecule has 0 unspecified atom stereocenters. The average Bonchev–Trinajstić information content (AvgIpc) is 2.82. The summed E-state index contributed by atoms with van der Waals surface area (Å²) in [6.45, 7) is 4.93. The van der Waals surface area contributed by atoms with Gasteiger partial charge in [0.05, 0.1) is 12.2 Å². The maximum Gasteiger partial charge on any atom is 0.116 e. The van der Waals surface area contributed by atoms with E-state index in [9.17, 15) is 0 Å². The number of hydrogen-bond acceptors (Lipinski definition) is 2. The van der Waals surface area contributed by atoms with Crippen LogP contribution < -0.4 is 0 Å². The minimum Gasteiger partial charge on any atom is -0.245 e. The Balaban J connectivity index is 1.95. The number of aromatic nitrogens is 3. The first-order chi connectivity index (χ1) is 9.75.